The molecule has 0 amide bonds. The molecule has 0 aliphatic carbocycles. The minimum Gasteiger partial charge on any atom is -0.368 e. The molecule has 6 heteroatoms. The Balaban J connectivity index is 1.74. The zero-order valence-corrected chi connectivity index (χ0v) is 9.43. The van der Waals surface area contributed by atoms with Crippen LogP contribution < -0.4 is 5.73 Å². The van der Waals surface area contributed by atoms with Gasteiger partial charge in [0.15, 0.2) is 0 Å². The van der Waals surface area contributed by atoms with Gasteiger partial charge in [0.25, 0.3) is 0 Å². The average molecular weight is 230 g/mol. The van der Waals surface area contributed by atoms with E-state index in [9.17, 15) is 0 Å². The molecule has 0 spiro atoms. The first-order chi connectivity index (χ1) is 8.31. The summed E-state index contributed by atoms with van der Waals surface area (Å²) in [4.78, 5) is 18.0. The quantitative estimate of drug-likeness (QED) is 0.777. The van der Waals surface area contributed by atoms with Crippen LogP contribution in [0.4, 0.5) is 5.95 Å². The van der Waals surface area contributed by atoms with Crippen molar-refractivity contribution < 1.29 is 0 Å². The number of imidazole rings is 1. The van der Waals surface area contributed by atoms with Crippen molar-refractivity contribution in [1.82, 2.24) is 24.8 Å². The molecule has 6 nitrogen and oxygen atoms in total. The van der Waals surface area contributed by atoms with Gasteiger partial charge in [-0.1, -0.05) is 0 Å². The van der Waals surface area contributed by atoms with Gasteiger partial charge in [0.05, 0.1) is 12.2 Å². The van der Waals surface area contributed by atoms with Gasteiger partial charge in [-0.15, -0.1) is 0 Å². The van der Waals surface area contributed by atoms with Gasteiger partial charge in [0.2, 0.25) is 5.95 Å². The summed E-state index contributed by atoms with van der Waals surface area (Å²) in [5, 5.41) is 0. The number of nitrogens with two attached hydrogens (primary N) is 1. The van der Waals surface area contributed by atoms with Crippen LogP contribution in [-0.4, -0.2) is 31.4 Å². The van der Waals surface area contributed by atoms with E-state index in [1.807, 2.05) is 12.4 Å². The lowest BCUT2D eigenvalue weighted by molar-refractivity contribution is 0.237. The second-order valence-electron chi connectivity index (χ2n) is 4.20. The molecule has 3 heterocycles. The van der Waals surface area contributed by atoms with Crippen molar-refractivity contribution in [3.8, 4) is 0 Å². The summed E-state index contributed by atoms with van der Waals surface area (Å²) in [6.45, 7) is 2.66. The molecule has 0 unspecified atom stereocenters. The molecule has 88 valence electrons. The smallest absolute Gasteiger partial charge is 0.220 e. The predicted molar refractivity (Wildman–Crippen MR) is 62.9 cm³/mol. The van der Waals surface area contributed by atoms with Crippen molar-refractivity contribution in [2.75, 3.05) is 12.3 Å². The van der Waals surface area contributed by atoms with Gasteiger partial charge in [-0.3, -0.25) is 4.90 Å². The highest BCUT2D eigenvalue weighted by atomic mass is 15.2. The van der Waals surface area contributed by atoms with Crippen LogP contribution in [0, 0.1) is 0 Å². The maximum absolute atomic E-state index is 5.58. The second kappa shape index (κ2) is 4.14. The Labute approximate surface area is 98.9 Å². The van der Waals surface area contributed by atoms with E-state index in [2.05, 4.69) is 24.8 Å². The monoisotopic (exact) mass is 230 g/mol. The molecule has 2 aromatic heterocycles. The van der Waals surface area contributed by atoms with Crippen molar-refractivity contribution in [2.24, 2.45) is 0 Å². The summed E-state index contributed by atoms with van der Waals surface area (Å²) < 4.78 is 0. The van der Waals surface area contributed by atoms with E-state index in [0.29, 0.717) is 5.95 Å². The zero-order valence-electron chi connectivity index (χ0n) is 9.43. The molecule has 0 aromatic carbocycles. The van der Waals surface area contributed by atoms with Gasteiger partial charge in [0, 0.05) is 43.7 Å². The van der Waals surface area contributed by atoms with Crippen molar-refractivity contribution in [2.45, 2.75) is 19.5 Å². The van der Waals surface area contributed by atoms with Crippen LogP contribution >= 0.6 is 0 Å². The normalized spacial score (nSPS) is 15.8. The average Bonchev–Trinajstić information content (AvgIpc) is 2.82. The van der Waals surface area contributed by atoms with Gasteiger partial charge in [-0.25, -0.2) is 15.0 Å². The fourth-order valence-electron chi connectivity index (χ4n) is 2.12. The molecule has 2 aromatic rings. The Bertz CT molecular complexity index is 507. The maximum Gasteiger partial charge on any atom is 0.220 e. The topological polar surface area (TPSA) is 83.7 Å². The summed E-state index contributed by atoms with van der Waals surface area (Å²) in [7, 11) is 0. The largest absolute Gasteiger partial charge is 0.368 e. The Kier molecular flexibility index (Phi) is 2.49. The number of hydrogen-bond donors (Lipinski definition) is 2. The summed E-state index contributed by atoms with van der Waals surface area (Å²) in [5.74, 6) is 1.35. The molecule has 0 fully saturated rings. The maximum atomic E-state index is 5.58. The first-order valence-electron chi connectivity index (χ1n) is 5.62. The standard InChI is InChI=1S/C11H14N6/c12-11-15-5-8-6-17(4-1-9(8)16-11)7-10-13-2-3-14-10/h2-3,5H,1,4,6-7H2,(H,13,14)(H2,12,15,16). The Hall–Kier alpha value is -1.95. The molecule has 3 rings (SSSR count). The minimum atomic E-state index is 0.364. The number of anilines is 1. The van der Waals surface area contributed by atoms with E-state index < -0.39 is 0 Å². The van der Waals surface area contributed by atoms with Crippen LogP contribution in [-0.2, 0) is 19.5 Å². The highest BCUT2D eigenvalue weighted by Crippen LogP contribution is 2.17. The summed E-state index contributed by atoms with van der Waals surface area (Å²) in [6.07, 6.45) is 6.36. The number of hydrogen-bond acceptors (Lipinski definition) is 5. The van der Waals surface area contributed by atoms with Crippen LogP contribution in [0.3, 0.4) is 0 Å². The highest BCUT2D eigenvalue weighted by Gasteiger charge is 2.18. The van der Waals surface area contributed by atoms with Gasteiger partial charge < -0.3 is 10.7 Å². The lowest BCUT2D eigenvalue weighted by Crippen LogP contribution is -2.31. The van der Waals surface area contributed by atoms with E-state index in [-0.39, 0.29) is 0 Å². The Morgan fingerprint density at radius 2 is 2.35 bits per heavy atom. The molecule has 3 N–H and O–H groups in total. The molecular formula is C11H14N6. The predicted octanol–water partition coefficient (Wildman–Crippen LogP) is 0.340. The second-order valence-corrected chi connectivity index (χ2v) is 4.20. The lowest BCUT2D eigenvalue weighted by Gasteiger charge is -2.26. The number of H-pyrrole nitrogens is 1. The molecule has 0 atom stereocenters. The van der Waals surface area contributed by atoms with E-state index in [0.717, 1.165) is 43.1 Å². The molecule has 1 aliphatic heterocycles. The summed E-state index contributed by atoms with van der Waals surface area (Å²) >= 11 is 0. The van der Waals surface area contributed by atoms with Crippen LogP contribution in [0.25, 0.3) is 0 Å². The fraction of sp³-hybridized carbons (Fsp3) is 0.364. The van der Waals surface area contributed by atoms with E-state index in [1.54, 1.807) is 6.20 Å². The summed E-state index contributed by atoms with van der Waals surface area (Å²) in [5.41, 5.74) is 7.82. The zero-order chi connectivity index (χ0) is 11.7. The third-order valence-electron chi connectivity index (χ3n) is 2.96. The third kappa shape index (κ3) is 2.12. The number of rotatable bonds is 2. The number of nitrogens with zero attached hydrogens (tertiary/aromatic N) is 4. The van der Waals surface area contributed by atoms with Crippen LogP contribution in [0.15, 0.2) is 18.6 Å². The van der Waals surface area contributed by atoms with E-state index in [4.69, 9.17) is 5.73 Å². The molecule has 0 saturated heterocycles. The van der Waals surface area contributed by atoms with E-state index >= 15 is 0 Å². The van der Waals surface area contributed by atoms with Crippen molar-refractivity contribution in [3.05, 3.63) is 35.7 Å². The van der Waals surface area contributed by atoms with Crippen LogP contribution in [0.1, 0.15) is 17.1 Å². The van der Waals surface area contributed by atoms with Crippen molar-refractivity contribution in [3.63, 3.8) is 0 Å². The number of nitrogen functional groups attached to an aromatic ring is 1. The summed E-state index contributed by atoms with van der Waals surface area (Å²) in [6, 6.07) is 0. The lowest BCUT2D eigenvalue weighted by atomic mass is 10.1. The number of fused-ring (bicyclic) bond motifs is 1. The molecule has 0 saturated carbocycles. The highest BCUT2D eigenvalue weighted by molar-refractivity contribution is 5.26. The number of nitrogens with one attached hydrogen (secondary N) is 1. The Morgan fingerprint density at radius 1 is 1.41 bits per heavy atom. The third-order valence-corrected chi connectivity index (χ3v) is 2.96. The van der Waals surface area contributed by atoms with Gasteiger partial charge in [-0.2, -0.15) is 0 Å². The first-order valence-corrected chi connectivity index (χ1v) is 5.62. The molecule has 17 heavy (non-hydrogen) atoms. The van der Waals surface area contributed by atoms with Gasteiger partial charge in [0.1, 0.15) is 5.82 Å². The Morgan fingerprint density at radius 3 is 3.18 bits per heavy atom. The fourth-order valence-corrected chi connectivity index (χ4v) is 2.12. The first kappa shape index (κ1) is 10.2. The van der Waals surface area contributed by atoms with E-state index in [1.165, 1.54) is 0 Å². The molecule has 0 bridgehead atoms. The van der Waals surface area contributed by atoms with Crippen molar-refractivity contribution in [1.29, 1.82) is 0 Å². The van der Waals surface area contributed by atoms with Crippen molar-refractivity contribution >= 4 is 5.95 Å². The SMILES string of the molecule is Nc1ncc2c(n1)CCN(Cc1ncc[nH]1)C2. The van der Waals surface area contributed by atoms with Crippen LogP contribution in [0.5, 0.6) is 0 Å². The van der Waals surface area contributed by atoms with Gasteiger partial charge in [-0.05, 0) is 0 Å². The molecule has 0 radical (unpaired) electrons. The van der Waals surface area contributed by atoms with Crippen LogP contribution in [0.2, 0.25) is 0 Å². The number of aromatic amines is 1. The van der Waals surface area contributed by atoms with Gasteiger partial charge >= 0.3 is 0 Å². The molecule has 1 aliphatic rings. The number of aromatic nitrogens is 4. The minimum absolute atomic E-state index is 0.364. The molecular weight excluding hydrogens is 216 g/mol.